The van der Waals surface area contributed by atoms with Crippen LogP contribution in [0.5, 0.6) is 0 Å². The van der Waals surface area contributed by atoms with Crippen LogP contribution in [0.3, 0.4) is 0 Å². The number of nitrogens with zero attached hydrogens (tertiary/aromatic N) is 6. The minimum absolute atomic E-state index is 0.000428. The Labute approximate surface area is 251 Å². The highest BCUT2D eigenvalue weighted by Gasteiger charge is 2.74. The van der Waals surface area contributed by atoms with E-state index in [9.17, 15) is 19.5 Å². The fourth-order valence-electron chi connectivity index (χ4n) is 7.18. The first-order chi connectivity index (χ1) is 20.4. The molecular formula is C31H42N6O4S. The molecular weight excluding hydrogens is 552 g/mol. The number of hydrogen-bond donors (Lipinski definition) is 1. The molecule has 3 aliphatic rings. The van der Waals surface area contributed by atoms with E-state index in [2.05, 4.69) is 23.5 Å². The molecule has 3 amide bonds. The summed E-state index contributed by atoms with van der Waals surface area (Å²) in [4.78, 5) is 48.2. The predicted molar refractivity (Wildman–Crippen MR) is 163 cm³/mol. The van der Waals surface area contributed by atoms with Crippen LogP contribution in [0, 0.1) is 11.8 Å². The van der Waals surface area contributed by atoms with Gasteiger partial charge >= 0.3 is 0 Å². The number of hydrogen-bond acceptors (Lipinski definition) is 7. The van der Waals surface area contributed by atoms with Gasteiger partial charge in [0.15, 0.2) is 0 Å². The lowest BCUT2D eigenvalue weighted by Crippen LogP contribution is -2.55. The highest BCUT2D eigenvalue weighted by atomic mass is 32.2. The molecule has 1 aromatic carbocycles. The number of thioether (sulfide) groups is 1. The van der Waals surface area contributed by atoms with Gasteiger partial charge in [-0.25, -0.2) is 4.68 Å². The molecule has 1 spiro atoms. The number of para-hydroxylation sites is 1. The zero-order valence-electron chi connectivity index (χ0n) is 24.4. The quantitative estimate of drug-likeness (QED) is 0.249. The topological polar surface area (TPSA) is 112 Å². The van der Waals surface area contributed by atoms with E-state index < -0.39 is 22.6 Å². The Hall–Kier alpha value is -3.18. The van der Waals surface area contributed by atoms with Crippen LogP contribution in [0.1, 0.15) is 45.4 Å². The van der Waals surface area contributed by atoms with Crippen molar-refractivity contribution < 1.29 is 19.5 Å². The number of rotatable bonds is 15. The Morgan fingerprint density at radius 1 is 1.14 bits per heavy atom. The number of carbonyl (C=O) groups is 3. The van der Waals surface area contributed by atoms with Crippen molar-refractivity contribution in [3.63, 3.8) is 0 Å². The van der Waals surface area contributed by atoms with E-state index in [0.717, 1.165) is 36.7 Å². The van der Waals surface area contributed by atoms with E-state index in [-0.39, 0.29) is 42.8 Å². The minimum atomic E-state index is -0.689. The number of unbranched alkanes of at least 4 members (excludes halogenated alkanes) is 2. The average molecular weight is 595 g/mol. The molecule has 5 rings (SSSR count). The highest BCUT2D eigenvalue weighted by molar-refractivity contribution is 8.02. The molecule has 0 aliphatic carbocycles. The molecule has 2 aromatic rings. The summed E-state index contributed by atoms with van der Waals surface area (Å²) < 4.78 is 1.05. The molecule has 226 valence electrons. The second-order valence-corrected chi connectivity index (χ2v) is 13.1. The van der Waals surface area contributed by atoms with Crippen molar-refractivity contribution in [2.45, 2.75) is 68.2 Å². The largest absolute Gasteiger partial charge is 0.396 e. The number of aliphatic hydroxyl groups is 1. The maximum Gasteiger partial charge on any atom is 0.248 e. The maximum absolute atomic E-state index is 14.6. The molecule has 3 fully saturated rings. The fraction of sp³-hybridized carbons (Fsp3) is 0.581. The van der Waals surface area contributed by atoms with Crippen LogP contribution in [0.2, 0.25) is 0 Å². The number of aromatic nitrogens is 3. The summed E-state index contributed by atoms with van der Waals surface area (Å²) in [5, 5.41) is 17.9. The molecule has 3 saturated heterocycles. The van der Waals surface area contributed by atoms with Gasteiger partial charge in [0.25, 0.3) is 0 Å². The Morgan fingerprint density at radius 3 is 2.64 bits per heavy atom. The van der Waals surface area contributed by atoms with E-state index in [4.69, 9.17) is 0 Å². The van der Waals surface area contributed by atoms with Crippen molar-refractivity contribution in [3.05, 3.63) is 49.6 Å². The molecule has 2 unspecified atom stereocenters. The lowest BCUT2D eigenvalue weighted by molar-refractivity contribution is -0.145. The van der Waals surface area contributed by atoms with Crippen molar-refractivity contribution in [2.75, 3.05) is 32.8 Å². The molecule has 11 heteroatoms. The Balaban J connectivity index is 1.49. The zero-order chi connectivity index (χ0) is 29.9. The standard InChI is InChI=1S/C31H42N6O4S/c1-4-16-34(17-5-2)28(39)25-24-14-15-31(42-24)26(25)29(40)36(19-10-7-11-20-38)27(31)30(41)35(18-6-3)21-37-23-13-9-8-12-22(23)32-33-37/h4,6,8-9,12-13,24-27,38H,1,3,5,7,10-11,14-21H2,2H3/t24-,25+,26+,27?,31?/m1/s1. The van der Waals surface area contributed by atoms with Gasteiger partial charge in [-0.2, -0.15) is 0 Å². The van der Waals surface area contributed by atoms with Gasteiger partial charge in [-0.05, 0) is 50.7 Å². The van der Waals surface area contributed by atoms with Gasteiger partial charge in [-0.15, -0.1) is 30.0 Å². The Morgan fingerprint density at radius 2 is 1.90 bits per heavy atom. The summed E-state index contributed by atoms with van der Waals surface area (Å²) in [6, 6.07) is 6.92. The third-order valence-corrected chi connectivity index (χ3v) is 10.9. The predicted octanol–water partition coefficient (Wildman–Crippen LogP) is 3.08. The number of amides is 3. The van der Waals surface area contributed by atoms with Crippen molar-refractivity contribution in [3.8, 4) is 0 Å². The van der Waals surface area contributed by atoms with Crippen LogP contribution in [-0.2, 0) is 21.1 Å². The van der Waals surface area contributed by atoms with E-state index in [0.29, 0.717) is 32.5 Å². The van der Waals surface area contributed by atoms with Gasteiger partial charge < -0.3 is 19.8 Å². The minimum Gasteiger partial charge on any atom is -0.396 e. The van der Waals surface area contributed by atoms with E-state index in [1.165, 1.54) is 0 Å². The molecule has 2 bridgehead atoms. The first kappa shape index (κ1) is 30.3. The zero-order valence-corrected chi connectivity index (χ0v) is 25.3. The van der Waals surface area contributed by atoms with Crippen LogP contribution in [-0.4, -0.2) is 101 Å². The van der Waals surface area contributed by atoms with E-state index in [1.54, 1.807) is 38.4 Å². The maximum atomic E-state index is 14.6. The normalized spacial score (nSPS) is 26.0. The first-order valence-corrected chi connectivity index (χ1v) is 16.0. The summed E-state index contributed by atoms with van der Waals surface area (Å²) in [6.45, 7) is 11.8. The van der Waals surface area contributed by atoms with Gasteiger partial charge in [0, 0.05) is 38.0 Å². The smallest absolute Gasteiger partial charge is 0.248 e. The summed E-state index contributed by atoms with van der Waals surface area (Å²) in [6.07, 6.45) is 7.84. The summed E-state index contributed by atoms with van der Waals surface area (Å²) >= 11 is 1.69. The fourth-order valence-corrected chi connectivity index (χ4v) is 9.39. The summed E-state index contributed by atoms with van der Waals surface area (Å²) in [7, 11) is 0. The second kappa shape index (κ2) is 13.0. The van der Waals surface area contributed by atoms with Gasteiger partial charge in [-0.1, -0.05) is 36.4 Å². The van der Waals surface area contributed by atoms with Crippen molar-refractivity contribution in [1.29, 1.82) is 0 Å². The molecule has 1 N–H and O–H groups in total. The number of aliphatic hydroxyl groups excluding tert-OH is 1. The summed E-state index contributed by atoms with van der Waals surface area (Å²) in [5.74, 6) is -1.23. The SMILES string of the molecule is C=CCN(Cn1nnc2ccccc21)C(=O)C1N(CCCCCO)C(=O)[C@@H]2[C@@H](C(=O)N(CC=C)CCC)[C@H]3CCC12S3. The molecule has 3 aliphatic heterocycles. The van der Waals surface area contributed by atoms with Crippen LogP contribution >= 0.6 is 11.8 Å². The third kappa shape index (κ3) is 5.25. The van der Waals surface area contributed by atoms with E-state index >= 15 is 0 Å². The molecule has 1 aromatic heterocycles. The molecule has 10 nitrogen and oxygen atoms in total. The van der Waals surface area contributed by atoms with Crippen LogP contribution in [0.15, 0.2) is 49.6 Å². The first-order valence-electron chi connectivity index (χ1n) is 15.1. The van der Waals surface area contributed by atoms with Gasteiger partial charge in [-0.3, -0.25) is 14.4 Å². The summed E-state index contributed by atoms with van der Waals surface area (Å²) in [5.41, 5.74) is 1.56. The number of likely N-dealkylation sites (tertiary alicyclic amines) is 1. The highest BCUT2D eigenvalue weighted by Crippen LogP contribution is 2.66. The molecule has 0 radical (unpaired) electrons. The van der Waals surface area contributed by atoms with Crippen LogP contribution in [0.4, 0.5) is 0 Å². The van der Waals surface area contributed by atoms with E-state index in [1.807, 2.05) is 36.1 Å². The molecule has 5 atom stereocenters. The van der Waals surface area contributed by atoms with Crippen molar-refractivity contribution in [1.82, 2.24) is 29.7 Å². The van der Waals surface area contributed by atoms with Crippen molar-refractivity contribution in [2.24, 2.45) is 11.8 Å². The molecule has 0 saturated carbocycles. The van der Waals surface area contributed by atoms with Gasteiger partial charge in [0.1, 0.15) is 18.2 Å². The average Bonchev–Trinajstić information content (AvgIpc) is 3.74. The number of fused-ring (bicyclic) bond motifs is 2. The molecule has 42 heavy (non-hydrogen) atoms. The lowest BCUT2D eigenvalue weighted by Gasteiger charge is -2.37. The van der Waals surface area contributed by atoms with Gasteiger partial charge in [0.2, 0.25) is 17.7 Å². The molecule has 4 heterocycles. The second-order valence-electron chi connectivity index (χ2n) is 11.5. The van der Waals surface area contributed by atoms with Crippen LogP contribution < -0.4 is 0 Å². The van der Waals surface area contributed by atoms with Crippen molar-refractivity contribution >= 4 is 40.5 Å². The third-order valence-electron chi connectivity index (χ3n) is 8.92. The monoisotopic (exact) mass is 594 g/mol. The van der Waals surface area contributed by atoms with Crippen LogP contribution in [0.25, 0.3) is 11.0 Å². The Bertz CT molecular complexity index is 1330. The number of benzene rings is 1. The Kier molecular flexibility index (Phi) is 9.37. The number of carbonyl (C=O) groups excluding carboxylic acids is 3. The van der Waals surface area contributed by atoms with Gasteiger partial charge in [0.05, 0.1) is 22.1 Å². The lowest BCUT2D eigenvalue weighted by atomic mass is 9.70.